The molecule has 0 aliphatic carbocycles. The number of benzene rings is 2. The summed E-state index contributed by atoms with van der Waals surface area (Å²) in [4.78, 5) is 38.6. The van der Waals surface area contributed by atoms with E-state index in [1.54, 1.807) is 24.3 Å². The number of carbonyl (C=O) groups excluding carboxylic acids is 3. The molecule has 2 amide bonds. The molecule has 28 heavy (non-hydrogen) atoms. The highest BCUT2D eigenvalue weighted by atomic mass is 35.5. The van der Waals surface area contributed by atoms with Crippen LogP contribution in [0.4, 0.5) is 10.1 Å². The van der Waals surface area contributed by atoms with Gasteiger partial charge in [0.15, 0.2) is 5.71 Å². The van der Waals surface area contributed by atoms with Gasteiger partial charge in [0, 0.05) is 0 Å². The third-order valence-electron chi connectivity index (χ3n) is 4.51. The zero-order valence-electron chi connectivity index (χ0n) is 14.3. The van der Waals surface area contributed by atoms with Crippen molar-refractivity contribution in [2.24, 2.45) is 11.0 Å². The Morgan fingerprint density at radius 2 is 1.93 bits per heavy atom. The number of hydrogen-bond donors (Lipinski definition) is 1. The van der Waals surface area contributed by atoms with Crippen LogP contribution in [0.1, 0.15) is 5.56 Å². The number of carbonyl (C=O) groups is 3. The van der Waals surface area contributed by atoms with Gasteiger partial charge in [-0.3, -0.25) is 15.0 Å². The fraction of sp³-hybridized carbons (Fsp3) is 0.158. The normalized spacial score (nSPS) is 20.6. The molecule has 0 aromatic heterocycles. The molecule has 2 aliphatic heterocycles. The number of esters is 1. The largest absolute Gasteiger partial charge is 0.456 e. The Balaban J connectivity index is 1.53. The number of hydrazone groups is 1. The minimum absolute atomic E-state index is 0.00429. The van der Waals surface area contributed by atoms with E-state index in [9.17, 15) is 18.8 Å². The highest BCUT2D eigenvalue weighted by molar-refractivity contribution is 6.46. The minimum atomic E-state index is -1.13. The molecule has 0 saturated carbocycles. The summed E-state index contributed by atoms with van der Waals surface area (Å²) in [6, 6.07) is 11.6. The number of amides is 2. The summed E-state index contributed by atoms with van der Waals surface area (Å²) in [5, 5.41) is 3.69. The van der Waals surface area contributed by atoms with Crippen molar-refractivity contribution in [3.8, 4) is 0 Å². The SMILES string of the molecule is O=C(OCc1ccccc1)C1=NNC2C(=O)N(c3ccc(Cl)c(F)c3)C(=O)C12. The number of hydrogen-bond acceptors (Lipinski definition) is 6. The van der Waals surface area contributed by atoms with Crippen LogP contribution in [0, 0.1) is 11.7 Å². The van der Waals surface area contributed by atoms with Crippen molar-refractivity contribution in [2.45, 2.75) is 12.6 Å². The van der Waals surface area contributed by atoms with Crippen molar-refractivity contribution < 1.29 is 23.5 Å². The predicted molar refractivity (Wildman–Crippen MR) is 98.0 cm³/mol. The Bertz CT molecular complexity index is 1010. The molecule has 4 rings (SSSR count). The van der Waals surface area contributed by atoms with Crippen molar-refractivity contribution in [1.29, 1.82) is 0 Å². The first-order valence-electron chi connectivity index (χ1n) is 8.34. The lowest BCUT2D eigenvalue weighted by molar-refractivity contribution is -0.137. The van der Waals surface area contributed by atoms with Gasteiger partial charge in [-0.15, -0.1) is 0 Å². The molecule has 2 unspecified atom stereocenters. The van der Waals surface area contributed by atoms with Crippen LogP contribution in [0.2, 0.25) is 5.02 Å². The topological polar surface area (TPSA) is 88.1 Å². The number of imide groups is 1. The van der Waals surface area contributed by atoms with E-state index >= 15 is 0 Å². The fourth-order valence-corrected chi connectivity index (χ4v) is 3.25. The molecule has 2 atom stereocenters. The molecule has 9 heteroatoms. The highest BCUT2D eigenvalue weighted by Crippen LogP contribution is 2.32. The zero-order chi connectivity index (χ0) is 19.8. The number of nitrogens with zero attached hydrogens (tertiary/aromatic N) is 2. The molecule has 7 nitrogen and oxygen atoms in total. The zero-order valence-corrected chi connectivity index (χ0v) is 15.0. The van der Waals surface area contributed by atoms with Crippen LogP contribution in [-0.4, -0.2) is 29.5 Å². The van der Waals surface area contributed by atoms with Gasteiger partial charge >= 0.3 is 5.97 Å². The van der Waals surface area contributed by atoms with Crippen molar-refractivity contribution >= 4 is 40.8 Å². The molecule has 2 aromatic rings. The van der Waals surface area contributed by atoms with Gasteiger partial charge < -0.3 is 4.74 Å². The first kappa shape index (κ1) is 18.1. The third-order valence-corrected chi connectivity index (χ3v) is 4.81. The Kier molecular flexibility index (Phi) is 4.56. The van der Waals surface area contributed by atoms with Gasteiger partial charge in [0.2, 0.25) is 5.91 Å². The van der Waals surface area contributed by atoms with Gasteiger partial charge in [0.05, 0.1) is 10.7 Å². The maximum atomic E-state index is 13.7. The number of ether oxygens (including phenoxy) is 1. The van der Waals surface area contributed by atoms with Crippen LogP contribution in [0.5, 0.6) is 0 Å². The summed E-state index contributed by atoms with van der Waals surface area (Å²) in [5.41, 5.74) is 3.13. The predicted octanol–water partition coefficient (Wildman–Crippen LogP) is 2.04. The number of anilines is 1. The molecule has 2 aromatic carbocycles. The van der Waals surface area contributed by atoms with E-state index in [-0.39, 0.29) is 23.0 Å². The van der Waals surface area contributed by atoms with Crippen LogP contribution in [-0.2, 0) is 25.7 Å². The van der Waals surface area contributed by atoms with Gasteiger partial charge in [-0.25, -0.2) is 14.1 Å². The lowest BCUT2D eigenvalue weighted by atomic mass is 9.99. The van der Waals surface area contributed by atoms with E-state index < -0.39 is 35.6 Å². The Hall–Kier alpha value is -3.26. The third kappa shape index (κ3) is 3.01. The van der Waals surface area contributed by atoms with Crippen LogP contribution in [0.25, 0.3) is 0 Å². The summed E-state index contributed by atoms with van der Waals surface area (Å²) in [6.07, 6.45) is 0. The number of fused-ring (bicyclic) bond motifs is 1. The Labute approximate surface area is 163 Å². The average molecular weight is 402 g/mol. The summed E-state index contributed by atoms with van der Waals surface area (Å²) in [7, 11) is 0. The lowest BCUT2D eigenvalue weighted by Gasteiger charge is -2.16. The Morgan fingerprint density at radius 1 is 1.18 bits per heavy atom. The summed E-state index contributed by atoms with van der Waals surface area (Å²) in [6.45, 7) is 0.00429. The number of rotatable bonds is 4. The Morgan fingerprint density at radius 3 is 2.64 bits per heavy atom. The van der Waals surface area contributed by atoms with E-state index in [4.69, 9.17) is 16.3 Å². The van der Waals surface area contributed by atoms with E-state index in [1.165, 1.54) is 12.1 Å². The monoisotopic (exact) mass is 401 g/mol. The molecule has 2 aliphatic rings. The van der Waals surface area contributed by atoms with Crippen molar-refractivity contribution in [2.75, 3.05) is 4.90 Å². The second kappa shape index (κ2) is 7.05. The molecular weight excluding hydrogens is 389 g/mol. The summed E-state index contributed by atoms with van der Waals surface area (Å²) >= 11 is 5.65. The maximum Gasteiger partial charge on any atom is 0.355 e. The molecule has 0 bridgehead atoms. The average Bonchev–Trinajstić information content (AvgIpc) is 3.24. The van der Waals surface area contributed by atoms with Crippen LogP contribution >= 0.6 is 11.6 Å². The van der Waals surface area contributed by atoms with Gasteiger partial charge in [-0.05, 0) is 23.8 Å². The second-order valence-electron chi connectivity index (χ2n) is 6.25. The minimum Gasteiger partial charge on any atom is -0.456 e. The molecule has 142 valence electrons. The maximum absolute atomic E-state index is 13.7. The quantitative estimate of drug-likeness (QED) is 0.625. The fourth-order valence-electron chi connectivity index (χ4n) is 3.13. The van der Waals surface area contributed by atoms with E-state index in [0.717, 1.165) is 16.5 Å². The molecule has 2 heterocycles. The molecular formula is C19H13ClFN3O4. The van der Waals surface area contributed by atoms with E-state index in [2.05, 4.69) is 10.5 Å². The molecule has 0 spiro atoms. The molecule has 1 saturated heterocycles. The van der Waals surface area contributed by atoms with E-state index in [1.807, 2.05) is 6.07 Å². The first-order chi connectivity index (χ1) is 13.5. The summed E-state index contributed by atoms with van der Waals surface area (Å²) in [5.74, 6) is -4.01. The van der Waals surface area contributed by atoms with Crippen molar-refractivity contribution in [3.63, 3.8) is 0 Å². The van der Waals surface area contributed by atoms with Gasteiger partial charge in [-0.2, -0.15) is 5.10 Å². The standard InChI is InChI=1S/C19H13ClFN3O4/c20-12-7-6-11(8-13(12)21)24-17(25)14-15(18(24)26)22-23-16(14)19(27)28-9-10-4-2-1-3-5-10/h1-8,14-15,22H,9H2. The molecule has 1 N–H and O–H groups in total. The van der Waals surface area contributed by atoms with Crippen LogP contribution in [0.3, 0.4) is 0 Å². The van der Waals surface area contributed by atoms with Gasteiger partial charge in [0.25, 0.3) is 5.91 Å². The van der Waals surface area contributed by atoms with Crippen LogP contribution in [0.15, 0.2) is 53.6 Å². The van der Waals surface area contributed by atoms with E-state index in [0.29, 0.717) is 0 Å². The van der Waals surface area contributed by atoms with Gasteiger partial charge in [0.1, 0.15) is 24.4 Å². The number of halogens is 2. The lowest BCUT2D eigenvalue weighted by Crippen LogP contribution is -2.36. The smallest absolute Gasteiger partial charge is 0.355 e. The number of nitrogens with one attached hydrogen (secondary N) is 1. The van der Waals surface area contributed by atoms with Crippen LogP contribution < -0.4 is 10.3 Å². The van der Waals surface area contributed by atoms with Gasteiger partial charge in [-0.1, -0.05) is 41.9 Å². The van der Waals surface area contributed by atoms with Crippen molar-refractivity contribution in [1.82, 2.24) is 5.43 Å². The highest BCUT2D eigenvalue weighted by Gasteiger charge is 2.55. The molecule has 1 fully saturated rings. The second-order valence-corrected chi connectivity index (χ2v) is 6.66. The molecule has 0 radical (unpaired) electrons. The summed E-state index contributed by atoms with van der Waals surface area (Å²) < 4.78 is 19.0. The van der Waals surface area contributed by atoms with Crippen molar-refractivity contribution in [3.05, 3.63) is 64.9 Å². The first-order valence-corrected chi connectivity index (χ1v) is 8.72.